The van der Waals surface area contributed by atoms with Gasteiger partial charge in [-0.2, -0.15) is 0 Å². The first-order valence-corrected chi connectivity index (χ1v) is 6.90. The van der Waals surface area contributed by atoms with Gasteiger partial charge in [0.05, 0.1) is 16.8 Å². The normalized spacial score (nSPS) is 17.5. The number of pyridine rings is 1. The third-order valence-electron chi connectivity index (χ3n) is 3.79. The Morgan fingerprint density at radius 3 is 2.59 bits per heavy atom. The number of aliphatic hydroxyl groups is 1. The van der Waals surface area contributed by atoms with Crippen LogP contribution < -0.4 is 34.7 Å². The second-order valence-electron chi connectivity index (χ2n) is 6.29. The second kappa shape index (κ2) is 6.03. The van der Waals surface area contributed by atoms with Crippen molar-refractivity contribution in [3.8, 4) is 5.75 Å². The third kappa shape index (κ3) is 3.05. The van der Waals surface area contributed by atoms with E-state index in [1.54, 1.807) is 24.3 Å². The number of hydrogen-bond acceptors (Lipinski definition) is 4. The van der Waals surface area contributed by atoms with Crippen molar-refractivity contribution in [3.63, 3.8) is 0 Å². The number of aliphatic hydroxyl groups excluding tert-OH is 1. The number of hydrogen-bond donors (Lipinski definition) is 1. The van der Waals surface area contributed by atoms with Crippen molar-refractivity contribution >= 4 is 22.3 Å². The molecule has 0 bridgehead atoms. The minimum Gasteiger partial charge on any atom is -0.872 e. The van der Waals surface area contributed by atoms with Crippen LogP contribution in [0.25, 0.3) is 16.5 Å². The van der Waals surface area contributed by atoms with Crippen molar-refractivity contribution in [2.24, 2.45) is 5.41 Å². The quantitative estimate of drug-likeness (QED) is 0.751. The van der Waals surface area contributed by atoms with Gasteiger partial charge in [-0.15, -0.1) is 0 Å². The van der Waals surface area contributed by atoms with E-state index in [0.717, 1.165) is 0 Å². The van der Waals surface area contributed by atoms with Gasteiger partial charge >= 0.3 is 29.6 Å². The minimum atomic E-state index is -0.262. The number of ketones is 1. The van der Waals surface area contributed by atoms with Crippen molar-refractivity contribution in [3.05, 3.63) is 41.8 Å². The molecule has 1 aliphatic carbocycles. The van der Waals surface area contributed by atoms with Crippen LogP contribution in [0, 0.1) is 5.41 Å². The summed E-state index contributed by atoms with van der Waals surface area (Å²) < 4.78 is 0. The number of benzene rings is 1. The summed E-state index contributed by atoms with van der Waals surface area (Å²) in [6.07, 6.45) is 0.756. The van der Waals surface area contributed by atoms with Crippen LogP contribution in [-0.2, 0) is 4.79 Å². The van der Waals surface area contributed by atoms with Crippen LogP contribution in [0.1, 0.15) is 32.4 Å². The zero-order valence-corrected chi connectivity index (χ0v) is 15.0. The van der Waals surface area contributed by atoms with E-state index in [0.29, 0.717) is 23.7 Å². The van der Waals surface area contributed by atoms with E-state index in [2.05, 4.69) is 4.98 Å². The molecule has 3 rings (SSSR count). The SMILES string of the molecule is CC1(C)CC(=O)C(c2cc([O-])c3ccccc3n2)=C(O)C1.[Na+]. The van der Waals surface area contributed by atoms with Gasteiger partial charge in [-0.3, -0.25) is 4.79 Å². The number of carbonyl (C=O) groups excluding carboxylic acids is 1. The van der Waals surface area contributed by atoms with E-state index in [9.17, 15) is 15.0 Å². The van der Waals surface area contributed by atoms with Gasteiger partial charge in [0.15, 0.2) is 5.78 Å². The number of fused-ring (bicyclic) bond motifs is 1. The molecular weight excluding hydrogens is 289 g/mol. The number of allylic oxidation sites excluding steroid dienone is 2. The molecule has 0 aliphatic heterocycles. The van der Waals surface area contributed by atoms with E-state index in [-0.39, 0.29) is 63.5 Å². The Kier molecular flexibility index (Phi) is 4.66. The van der Waals surface area contributed by atoms with E-state index in [4.69, 9.17) is 0 Å². The fourth-order valence-electron chi connectivity index (χ4n) is 2.85. The summed E-state index contributed by atoms with van der Waals surface area (Å²) in [5.74, 6) is -0.321. The molecule has 1 aliphatic rings. The average Bonchev–Trinajstić information content (AvgIpc) is 2.36. The van der Waals surface area contributed by atoms with E-state index < -0.39 is 0 Å². The summed E-state index contributed by atoms with van der Waals surface area (Å²) >= 11 is 0. The van der Waals surface area contributed by atoms with Crippen molar-refractivity contribution in [2.45, 2.75) is 26.7 Å². The fraction of sp³-hybridized carbons (Fsp3) is 0.294. The smallest absolute Gasteiger partial charge is 0.872 e. The summed E-state index contributed by atoms with van der Waals surface area (Å²) in [5.41, 5.74) is 0.744. The van der Waals surface area contributed by atoms with Gasteiger partial charge in [0.25, 0.3) is 0 Å². The standard InChI is InChI=1S/C17H17NO3.Na/c1-17(2)8-14(20)16(15(21)9-17)12-7-13(19)10-5-3-4-6-11(10)18-12;/h3-7,20H,8-9H2,1-2H3,(H,18,19);/q;+1/p-1. The maximum Gasteiger partial charge on any atom is 1.00 e. The predicted octanol–water partition coefficient (Wildman–Crippen LogP) is -0.0294. The molecule has 4 nitrogen and oxygen atoms in total. The van der Waals surface area contributed by atoms with Crippen LogP contribution >= 0.6 is 0 Å². The third-order valence-corrected chi connectivity index (χ3v) is 3.79. The molecule has 0 unspecified atom stereocenters. The van der Waals surface area contributed by atoms with Crippen LogP contribution in [-0.4, -0.2) is 15.9 Å². The molecule has 0 saturated carbocycles. The first kappa shape index (κ1) is 17.0. The second-order valence-corrected chi connectivity index (χ2v) is 6.29. The Hall–Kier alpha value is -1.36. The minimum absolute atomic E-state index is 0. The summed E-state index contributed by atoms with van der Waals surface area (Å²) in [6, 6.07) is 8.34. The maximum absolute atomic E-state index is 12.3. The molecule has 2 aromatic rings. The molecule has 5 heteroatoms. The van der Waals surface area contributed by atoms with Gasteiger partial charge in [0, 0.05) is 12.8 Å². The van der Waals surface area contributed by atoms with Crippen molar-refractivity contribution in [1.29, 1.82) is 0 Å². The molecule has 1 heterocycles. The summed E-state index contributed by atoms with van der Waals surface area (Å²) in [4.78, 5) is 16.7. The molecule has 1 N–H and O–H groups in total. The average molecular weight is 305 g/mol. The Balaban J connectivity index is 0.00000176. The van der Waals surface area contributed by atoms with Gasteiger partial charge in [0.2, 0.25) is 0 Å². The van der Waals surface area contributed by atoms with Gasteiger partial charge < -0.3 is 10.2 Å². The first-order chi connectivity index (χ1) is 9.87. The molecule has 0 spiro atoms. The summed E-state index contributed by atoms with van der Waals surface area (Å²) in [6.45, 7) is 3.87. The molecule has 0 saturated heterocycles. The predicted molar refractivity (Wildman–Crippen MR) is 78.8 cm³/mol. The molecule has 1 aromatic heterocycles. The van der Waals surface area contributed by atoms with Gasteiger partial charge in [-0.1, -0.05) is 37.8 Å². The van der Waals surface area contributed by atoms with Crippen LogP contribution in [0.15, 0.2) is 36.1 Å². The zero-order valence-electron chi connectivity index (χ0n) is 13.0. The number of Topliss-reactive ketones (excluding diaryl/α,β-unsaturated/α-hetero) is 1. The molecule has 0 amide bonds. The largest absolute Gasteiger partial charge is 1.00 e. The van der Waals surface area contributed by atoms with Gasteiger partial charge in [-0.05, 0) is 22.9 Å². The Labute approximate surface area is 151 Å². The summed E-state index contributed by atoms with van der Waals surface area (Å²) in [7, 11) is 0. The Morgan fingerprint density at radius 1 is 1.23 bits per heavy atom. The first-order valence-electron chi connectivity index (χ1n) is 6.90. The summed E-state index contributed by atoms with van der Waals surface area (Å²) in [5, 5.41) is 22.9. The van der Waals surface area contributed by atoms with Crippen molar-refractivity contribution in [2.75, 3.05) is 0 Å². The van der Waals surface area contributed by atoms with E-state index in [1.165, 1.54) is 6.07 Å². The molecule has 22 heavy (non-hydrogen) atoms. The van der Waals surface area contributed by atoms with Crippen molar-refractivity contribution in [1.82, 2.24) is 4.98 Å². The molecular formula is C17H16NNaO3. The maximum atomic E-state index is 12.3. The number of nitrogens with zero attached hydrogens (tertiary/aromatic N) is 1. The van der Waals surface area contributed by atoms with Crippen LogP contribution in [0.2, 0.25) is 0 Å². The number of carbonyl (C=O) groups is 1. The Bertz CT molecular complexity index is 781. The van der Waals surface area contributed by atoms with Gasteiger partial charge in [0.1, 0.15) is 5.76 Å². The monoisotopic (exact) mass is 305 g/mol. The number of para-hydroxylation sites is 1. The van der Waals surface area contributed by atoms with Crippen LogP contribution in [0.4, 0.5) is 0 Å². The van der Waals surface area contributed by atoms with E-state index >= 15 is 0 Å². The Morgan fingerprint density at radius 2 is 1.91 bits per heavy atom. The van der Waals surface area contributed by atoms with Gasteiger partial charge in [-0.25, -0.2) is 4.98 Å². The zero-order chi connectivity index (χ0) is 15.2. The molecule has 0 atom stereocenters. The fourth-order valence-corrected chi connectivity index (χ4v) is 2.85. The van der Waals surface area contributed by atoms with E-state index in [1.807, 2.05) is 13.8 Å². The van der Waals surface area contributed by atoms with Crippen LogP contribution in [0.5, 0.6) is 5.75 Å². The van der Waals surface area contributed by atoms with Crippen LogP contribution in [0.3, 0.4) is 0 Å². The topological polar surface area (TPSA) is 73.2 Å². The molecule has 108 valence electrons. The number of rotatable bonds is 1. The van der Waals surface area contributed by atoms with Crippen molar-refractivity contribution < 1.29 is 44.6 Å². The molecule has 1 aromatic carbocycles. The molecule has 0 radical (unpaired) electrons. The number of aromatic nitrogens is 1. The molecule has 0 fully saturated rings.